The van der Waals surface area contributed by atoms with Gasteiger partial charge in [-0.05, 0) is 50.2 Å². The number of rotatable bonds is 4. The van der Waals surface area contributed by atoms with Crippen LogP contribution in [0.3, 0.4) is 0 Å². The van der Waals surface area contributed by atoms with E-state index in [-0.39, 0.29) is 10.6 Å². The van der Waals surface area contributed by atoms with Crippen molar-refractivity contribution >= 4 is 11.4 Å². The van der Waals surface area contributed by atoms with Gasteiger partial charge in [0.05, 0.1) is 11.0 Å². The standard InChI is InChI=1S/C16H24N2O3/c1-11-4-7-14(8-5-11)17(3)15-9-6-13(12(2)19)10-16(15)18(20)21/h6,9-12,14,19H,4-5,7-8H2,1-3H3. The topological polar surface area (TPSA) is 66.6 Å². The summed E-state index contributed by atoms with van der Waals surface area (Å²) in [6.07, 6.45) is 3.81. The number of anilines is 1. The smallest absolute Gasteiger partial charge is 0.292 e. The van der Waals surface area contributed by atoms with Crippen LogP contribution in [0.5, 0.6) is 0 Å². The first-order valence-electron chi connectivity index (χ1n) is 7.59. The first-order valence-corrected chi connectivity index (χ1v) is 7.59. The van der Waals surface area contributed by atoms with E-state index < -0.39 is 6.10 Å². The highest BCUT2D eigenvalue weighted by Gasteiger charge is 2.26. The highest BCUT2D eigenvalue weighted by atomic mass is 16.6. The molecule has 2 rings (SSSR count). The molecule has 0 saturated heterocycles. The Balaban J connectivity index is 2.27. The van der Waals surface area contributed by atoms with E-state index in [1.165, 1.54) is 18.9 Å². The van der Waals surface area contributed by atoms with Crippen LogP contribution < -0.4 is 4.90 Å². The van der Waals surface area contributed by atoms with E-state index in [9.17, 15) is 15.2 Å². The van der Waals surface area contributed by atoms with E-state index in [1.807, 2.05) is 11.9 Å². The fraction of sp³-hybridized carbons (Fsp3) is 0.625. The summed E-state index contributed by atoms with van der Waals surface area (Å²) in [5.74, 6) is 0.752. The molecule has 0 spiro atoms. The van der Waals surface area contributed by atoms with Gasteiger partial charge >= 0.3 is 0 Å². The second kappa shape index (κ2) is 6.43. The minimum Gasteiger partial charge on any atom is -0.389 e. The maximum absolute atomic E-state index is 11.3. The Morgan fingerprint density at radius 3 is 2.48 bits per heavy atom. The molecule has 1 aromatic rings. The first-order chi connectivity index (χ1) is 9.90. The zero-order chi connectivity index (χ0) is 15.6. The van der Waals surface area contributed by atoms with Gasteiger partial charge in [0.15, 0.2) is 0 Å². The van der Waals surface area contributed by atoms with E-state index in [0.29, 0.717) is 17.3 Å². The van der Waals surface area contributed by atoms with Gasteiger partial charge in [-0.15, -0.1) is 0 Å². The van der Waals surface area contributed by atoms with Crippen LogP contribution in [0.2, 0.25) is 0 Å². The van der Waals surface area contributed by atoms with Crippen molar-refractivity contribution in [3.8, 4) is 0 Å². The van der Waals surface area contributed by atoms with Gasteiger partial charge in [-0.3, -0.25) is 10.1 Å². The Bertz CT molecular complexity index is 508. The molecule has 1 N–H and O–H groups in total. The zero-order valence-electron chi connectivity index (χ0n) is 13.0. The van der Waals surface area contributed by atoms with Crippen LogP contribution in [0.25, 0.3) is 0 Å². The van der Waals surface area contributed by atoms with Crippen LogP contribution in [0.15, 0.2) is 18.2 Å². The maximum Gasteiger partial charge on any atom is 0.292 e. The molecule has 0 radical (unpaired) electrons. The number of nitro benzene ring substituents is 1. The van der Waals surface area contributed by atoms with Gasteiger partial charge in [-0.2, -0.15) is 0 Å². The van der Waals surface area contributed by atoms with Crippen LogP contribution in [0.4, 0.5) is 11.4 Å². The third-order valence-corrected chi connectivity index (χ3v) is 4.59. The van der Waals surface area contributed by atoms with Gasteiger partial charge in [0.25, 0.3) is 5.69 Å². The third-order valence-electron chi connectivity index (χ3n) is 4.59. The van der Waals surface area contributed by atoms with Crippen molar-refractivity contribution in [3.05, 3.63) is 33.9 Å². The highest BCUT2D eigenvalue weighted by Crippen LogP contribution is 2.35. The molecule has 21 heavy (non-hydrogen) atoms. The van der Waals surface area contributed by atoms with Gasteiger partial charge in [0.2, 0.25) is 0 Å². The quantitative estimate of drug-likeness (QED) is 0.679. The Hall–Kier alpha value is -1.62. The lowest BCUT2D eigenvalue weighted by Gasteiger charge is -2.34. The highest BCUT2D eigenvalue weighted by molar-refractivity contribution is 5.64. The predicted octanol–water partition coefficient (Wildman–Crippen LogP) is 3.66. The van der Waals surface area contributed by atoms with Crippen LogP contribution in [-0.4, -0.2) is 23.1 Å². The molecule has 1 atom stereocenters. The third kappa shape index (κ3) is 3.53. The summed E-state index contributed by atoms with van der Waals surface area (Å²) in [6.45, 7) is 3.88. The van der Waals surface area contributed by atoms with Crippen molar-refractivity contribution in [2.24, 2.45) is 5.92 Å². The van der Waals surface area contributed by atoms with E-state index >= 15 is 0 Å². The molecule has 5 heteroatoms. The SMILES string of the molecule is CC1CCC(N(C)c2ccc(C(C)O)cc2[N+](=O)[O-])CC1. The fourth-order valence-electron chi connectivity index (χ4n) is 3.07. The summed E-state index contributed by atoms with van der Waals surface area (Å²) in [7, 11) is 1.94. The largest absolute Gasteiger partial charge is 0.389 e. The number of aliphatic hydroxyl groups excluding tert-OH is 1. The minimum atomic E-state index is -0.696. The monoisotopic (exact) mass is 292 g/mol. The van der Waals surface area contributed by atoms with Gasteiger partial charge < -0.3 is 10.0 Å². The number of hydrogen-bond acceptors (Lipinski definition) is 4. The molecule has 0 aliphatic heterocycles. The predicted molar refractivity (Wildman–Crippen MR) is 83.6 cm³/mol. The lowest BCUT2D eigenvalue weighted by molar-refractivity contribution is -0.384. The fourth-order valence-corrected chi connectivity index (χ4v) is 3.07. The molecule has 5 nitrogen and oxygen atoms in total. The summed E-state index contributed by atoms with van der Waals surface area (Å²) in [5.41, 5.74) is 1.30. The van der Waals surface area contributed by atoms with Crippen molar-refractivity contribution in [1.82, 2.24) is 0 Å². The molecule has 0 aromatic heterocycles. The molecule has 116 valence electrons. The van der Waals surface area contributed by atoms with Crippen molar-refractivity contribution in [3.63, 3.8) is 0 Å². The number of hydrogen-bond donors (Lipinski definition) is 1. The van der Waals surface area contributed by atoms with Crippen LogP contribution in [0, 0.1) is 16.0 Å². The summed E-state index contributed by atoms with van der Waals surface area (Å²) >= 11 is 0. The lowest BCUT2D eigenvalue weighted by atomic mass is 9.86. The van der Waals surface area contributed by atoms with E-state index in [2.05, 4.69) is 6.92 Å². The van der Waals surface area contributed by atoms with E-state index in [0.717, 1.165) is 18.8 Å². The number of nitrogens with zero attached hydrogens (tertiary/aromatic N) is 2. The number of nitro groups is 1. The van der Waals surface area contributed by atoms with E-state index in [4.69, 9.17) is 0 Å². The summed E-state index contributed by atoms with van der Waals surface area (Å²) in [4.78, 5) is 13.0. The molecular formula is C16H24N2O3. The summed E-state index contributed by atoms with van der Waals surface area (Å²) < 4.78 is 0. The van der Waals surface area contributed by atoms with Crippen molar-refractivity contribution in [2.45, 2.75) is 51.7 Å². The second-order valence-corrected chi connectivity index (χ2v) is 6.21. The average Bonchev–Trinajstić information content (AvgIpc) is 2.46. The molecule has 1 aromatic carbocycles. The Morgan fingerprint density at radius 2 is 1.95 bits per heavy atom. The molecule has 1 aliphatic rings. The minimum absolute atomic E-state index is 0.0783. The van der Waals surface area contributed by atoms with Crippen molar-refractivity contribution in [2.75, 3.05) is 11.9 Å². The molecule has 1 aliphatic carbocycles. The molecule has 1 unspecified atom stereocenters. The first kappa shape index (κ1) is 15.8. The molecule has 1 fully saturated rings. The Labute approximate surface area is 125 Å². The molecule has 0 heterocycles. The van der Waals surface area contributed by atoms with Crippen LogP contribution in [-0.2, 0) is 0 Å². The van der Waals surface area contributed by atoms with Gasteiger partial charge in [0, 0.05) is 19.2 Å². The summed E-state index contributed by atoms with van der Waals surface area (Å²) in [6, 6.07) is 5.38. The van der Waals surface area contributed by atoms with Gasteiger partial charge in [-0.25, -0.2) is 0 Å². The van der Waals surface area contributed by atoms with Crippen LogP contribution in [0.1, 0.15) is 51.2 Å². The van der Waals surface area contributed by atoms with Gasteiger partial charge in [0.1, 0.15) is 5.69 Å². The average molecular weight is 292 g/mol. The van der Waals surface area contributed by atoms with E-state index in [1.54, 1.807) is 19.1 Å². The van der Waals surface area contributed by atoms with Crippen LogP contribution >= 0.6 is 0 Å². The number of aliphatic hydroxyl groups is 1. The Kier molecular flexibility index (Phi) is 4.83. The number of benzene rings is 1. The molecule has 1 saturated carbocycles. The summed E-state index contributed by atoms with van der Waals surface area (Å²) in [5, 5.41) is 20.9. The zero-order valence-corrected chi connectivity index (χ0v) is 13.0. The normalized spacial score (nSPS) is 23.6. The lowest BCUT2D eigenvalue weighted by Crippen LogP contribution is -2.35. The maximum atomic E-state index is 11.3. The Morgan fingerprint density at radius 1 is 1.33 bits per heavy atom. The van der Waals surface area contributed by atoms with Crippen molar-refractivity contribution < 1.29 is 10.0 Å². The molecule has 0 amide bonds. The molecule has 0 bridgehead atoms. The van der Waals surface area contributed by atoms with Crippen molar-refractivity contribution in [1.29, 1.82) is 0 Å². The second-order valence-electron chi connectivity index (χ2n) is 6.21. The van der Waals surface area contributed by atoms with Gasteiger partial charge in [-0.1, -0.05) is 13.0 Å². The molecular weight excluding hydrogens is 268 g/mol.